The van der Waals surface area contributed by atoms with Crippen molar-refractivity contribution < 1.29 is 14.3 Å². The molecule has 1 aliphatic heterocycles. The quantitative estimate of drug-likeness (QED) is 0.360. The van der Waals surface area contributed by atoms with E-state index in [2.05, 4.69) is 33.2 Å². The van der Waals surface area contributed by atoms with Crippen LogP contribution in [0.25, 0.3) is 6.08 Å². The third-order valence-corrected chi connectivity index (χ3v) is 6.46. The highest BCUT2D eigenvalue weighted by Gasteiger charge is 2.24. The van der Waals surface area contributed by atoms with Crippen molar-refractivity contribution in [3.05, 3.63) is 92.8 Å². The molecule has 1 heterocycles. The van der Waals surface area contributed by atoms with Crippen molar-refractivity contribution in [2.75, 3.05) is 7.11 Å². The number of benzene rings is 3. The number of ether oxygens (including phenoxy) is 2. The molecule has 0 bridgehead atoms. The number of amidine groups is 1. The highest BCUT2D eigenvalue weighted by Crippen LogP contribution is 2.32. The Balaban J connectivity index is 1.46. The van der Waals surface area contributed by atoms with Gasteiger partial charge in [-0.15, -0.1) is 0 Å². The van der Waals surface area contributed by atoms with Gasteiger partial charge >= 0.3 is 0 Å². The van der Waals surface area contributed by atoms with Crippen LogP contribution in [-0.4, -0.2) is 18.2 Å². The van der Waals surface area contributed by atoms with Crippen molar-refractivity contribution in [1.82, 2.24) is 5.32 Å². The molecule has 1 N–H and O–H groups in total. The third kappa shape index (κ3) is 6.06. The van der Waals surface area contributed by atoms with Crippen LogP contribution in [0.15, 0.2) is 81.1 Å². The third-order valence-electron chi connectivity index (χ3n) is 5.02. The number of nitrogens with one attached hydrogen (secondary N) is 1. The molecule has 1 aliphatic rings. The van der Waals surface area contributed by atoms with E-state index >= 15 is 0 Å². The molecule has 0 aromatic heterocycles. The summed E-state index contributed by atoms with van der Waals surface area (Å²) in [5.74, 6) is 1.08. The number of halogens is 1. The fourth-order valence-electron chi connectivity index (χ4n) is 3.19. The van der Waals surface area contributed by atoms with Crippen molar-refractivity contribution in [1.29, 1.82) is 0 Å². The van der Waals surface area contributed by atoms with Crippen molar-refractivity contribution in [2.45, 2.75) is 20.0 Å². The summed E-state index contributed by atoms with van der Waals surface area (Å²) >= 11 is 4.75. The highest BCUT2D eigenvalue weighted by molar-refractivity contribution is 9.10. The summed E-state index contributed by atoms with van der Waals surface area (Å²) in [5.41, 5.74) is 3.96. The first-order valence-electron chi connectivity index (χ1n) is 10.5. The number of thioether (sulfide) groups is 1. The van der Waals surface area contributed by atoms with Crippen LogP contribution in [-0.2, 0) is 17.8 Å². The first-order valence-corrected chi connectivity index (χ1v) is 12.1. The number of carbonyl (C=O) groups excluding carboxylic acids is 1. The number of amides is 1. The number of aliphatic imine (C=N–C) groups is 1. The Morgan fingerprint density at radius 3 is 2.42 bits per heavy atom. The molecule has 33 heavy (non-hydrogen) atoms. The molecule has 0 aliphatic carbocycles. The number of methoxy groups -OCH3 is 1. The fourth-order valence-corrected chi connectivity index (χ4v) is 4.30. The van der Waals surface area contributed by atoms with Gasteiger partial charge < -0.3 is 14.8 Å². The monoisotopic (exact) mass is 522 g/mol. The van der Waals surface area contributed by atoms with E-state index in [4.69, 9.17) is 9.47 Å². The van der Waals surface area contributed by atoms with E-state index < -0.39 is 0 Å². The Labute approximate surface area is 206 Å². The van der Waals surface area contributed by atoms with Gasteiger partial charge in [-0.2, -0.15) is 0 Å². The zero-order chi connectivity index (χ0) is 23.2. The van der Waals surface area contributed by atoms with Gasteiger partial charge in [-0.25, -0.2) is 4.99 Å². The standard InChI is InChI=1S/C26H23BrN2O3S/c1-3-17-6-11-21(12-7-17)28-26-29-25(30)24(33-26)15-19-8-13-22(23(14-19)31-2)32-16-18-4-9-20(27)10-5-18/h4-15H,3,16H2,1-2H3,(H,28,29,30)/b24-15-. The van der Waals surface area contributed by atoms with Gasteiger partial charge in [-0.1, -0.05) is 53.2 Å². The van der Waals surface area contributed by atoms with Gasteiger partial charge in [0.2, 0.25) is 0 Å². The molecule has 7 heteroatoms. The van der Waals surface area contributed by atoms with Crippen LogP contribution in [0.1, 0.15) is 23.6 Å². The number of carbonyl (C=O) groups is 1. The van der Waals surface area contributed by atoms with Crippen LogP contribution in [0.3, 0.4) is 0 Å². The summed E-state index contributed by atoms with van der Waals surface area (Å²) < 4.78 is 12.5. The molecule has 1 amide bonds. The second-order valence-corrected chi connectivity index (χ2v) is 9.27. The lowest BCUT2D eigenvalue weighted by Gasteiger charge is -2.11. The zero-order valence-corrected chi connectivity index (χ0v) is 20.7. The Morgan fingerprint density at radius 2 is 1.73 bits per heavy atom. The van der Waals surface area contributed by atoms with Crippen molar-refractivity contribution >= 4 is 50.5 Å². The summed E-state index contributed by atoms with van der Waals surface area (Å²) in [6, 6.07) is 21.6. The van der Waals surface area contributed by atoms with Crippen molar-refractivity contribution in [3.8, 4) is 11.5 Å². The molecule has 4 rings (SSSR count). The Bertz CT molecular complexity index is 1210. The van der Waals surface area contributed by atoms with Crippen molar-refractivity contribution in [2.24, 2.45) is 4.99 Å². The maximum atomic E-state index is 12.4. The van der Waals surface area contributed by atoms with Crippen molar-refractivity contribution in [3.63, 3.8) is 0 Å². The number of nitrogens with zero attached hydrogens (tertiary/aromatic N) is 1. The van der Waals surface area contributed by atoms with Gasteiger partial charge in [-0.3, -0.25) is 4.79 Å². The van der Waals surface area contributed by atoms with E-state index in [1.807, 2.05) is 72.8 Å². The van der Waals surface area contributed by atoms with Crippen LogP contribution in [0.5, 0.6) is 11.5 Å². The molecule has 0 unspecified atom stereocenters. The van der Waals surface area contributed by atoms with Gasteiger partial charge in [0.25, 0.3) is 5.91 Å². The highest BCUT2D eigenvalue weighted by atomic mass is 79.9. The molecular formula is C26H23BrN2O3S. The number of aryl methyl sites for hydroxylation is 1. The molecule has 5 nitrogen and oxygen atoms in total. The maximum absolute atomic E-state index is 12.4. The molecule has 1 fully saturated rings. The normalized spacial score (nSPS) is 15.7. The molecule has 1 saturated heterocycles. The lowest BCUT2D eigenvalue weighted by Crippen LogP contribution is -2.19. The zero-order valence-electron chi connectivity index (χ0n) is 18.3. The Kier molecular flexibility index (Phi) is 7.52. The maximum Gasteiger partial charge on any atom is 0.264 e. The van der Waals surface area contributed by atoms with Crippen LogP contribution in [0.4, 0.5) is 5.69 Å². The summed E-state index contributed by atoms with van der Waals surface area (Å²) in [6.07, 6.45) is 2.80. The summed E-state index contributed by atoms with van der Waals surface area (Å²) in [6.45, 7) is 2.54. The SMILES string of the molecule is CCc1ccc(N=C2NC(=O)/C(=C/c3ccc(OCc4ccc(Br)cc4)c(OC)c3)S2)cc1. The summed E-state index contributed by atoms with van der Waals surface area (Å²) in [4.78, 5) is 17.6. The second kappa shape index (κ2) is 10.7. The second-order valence-electron chi connectivity index (χ2n) is 7.33. The van der Waals surface area contributed by atoms with Crippen LogP contribution >= 0.6 is 27.7 Å². The minimum absolute atomic E-state index is 0.168. The lowest BCUT2D eigenvalue weighted by atomic mass is 10.2. The molecule has 0 atom stereocenters. The van der Waals surface area contributed by atoms with Gasteiger partial charge in [0.05, 0.1) is 17.7 Å². The minimum atomic E-state index is -0.168. The van der Waals surface area contributed by atoms with Crippen LogP contribution in [0, 0.1) is 0 Å². The van der Waals surface area contributed by atoms with E-state index in [-0.39, 0.29) is 5.91 Å². The summed E-state index contributed by atoms with van der Waals surface area (Å²) in [5, 5.41) is 3.40. The Hall–Kier alpha value is -3.03. The van der Waals surface area contributed by atoms with Crippen LogP contribution in [0.2, 0.25) is 0 Å². The largest absolute Gasteiger partial charge is 0.493 e. The number of hydrogen-bond donors (Lipinski definition) is 1. The van der Waals surface area contributed by atoms with Crippen LogP contribution < -0.4 is 14.8 Å². The first-order chi connectivity index (χ1) is 16.0. The van der Waals surface area contributed by atoms with E-state index in [1.165, 1.54) is 17.3 Å². The molecule has 3 aromatic rings. The van der Waals surface area contributed by atoms with E-state index in [0.29, 0.717) is 28.2 Å². The first kappa shape index (κ1) is 23.1. The molecule has 0 spiro atoms. The fraction of sp³-hybridized carbons (Fsp3) is 0.154. The summed E-state index contributed by atoms with van der Waals surface area (Å²) in [7, 11) is 1.60. The van der Waals surface area contributed by atoms with Gasteiger partial charge in [0, 0.05) is 4.47 Å². The molecule has 0 saturated carbocycles. The smallest absolute Gasteiger partial charge is 0.264 e. The average molecular weight is 523 g/mol. The predicted octanol–water partition coefficient (Wildman–Crippen LogP) is 6.49. The van der Waals surface area contributed by atoms with E-state index in [1.54, 1.807) is 7.11 Å². The topological polar surface area (TPSA) is 59.9 Å². The average Bonchev–Trinajstić information content (AvgIpc) is 3.17. The predicted molar refractivity (Wildman–Crippen MR) is 138 cm³/mol. The number of rotatable bonds is 7. The molecule has 168 valence electrons. The Morgan fingerprint density at radius 1 is 1.00 bits per heavy atom. The van der Waals surface area contributed by atoms with Gasteiger partial charge in [0.1, 0.15) is 6.61 Å². The lowest BCUT2D eigenvalue weighted by molar-refractivity contribution is -0.115. The molecular weight excluding hydrogens is 500 g/mol. The van der Waals surface area contributed by atoms with Gasteiger partial charge in [0.15, 0.2) is 16.7 Å². The van der Waals surface area contributed by atoms with E-state index in [0.717, 1.165) is 27.7 Å². The van der Waals surface area contributed by atoms with E-state index in [9.17, 15) is 4.79 Å². The minimum Gasteiger partial charge on any atom is -0.493 e. The molecule has 3 aromatic carbocycles. The molecule has 0 radical (unpaired) electrons. The number of hydrogen-bond acceptors (Lipinski definition) is 5. The van der Waals surface area contributed by atoms with Gasteiger partial charge in [-0.05, 0) is 77.3 Å².